The quantitative estimate of drug-likeness (QED) is 0.261. The van der Waals surface area contributed by atoms with E-state index in [9.17, 15) is 4.79 Å². The average molecular weight is 492 g/mol. The molecule has 0 saturated heterocycles. The van der Waals surface area contributed by atoms with Gasteiger partial charge in [0.25, 0.3) is 5.56 Å². The zero-order chi connectivity index (χ0) is 25.9. The van der Waals surface area contributed by atoms with Crippen LogP contribution in [0.2, 0.25) is 0 Å². The number of aromatic nitrogens is 5. The zero-order valence-corrected chi connectivity index (χ0v) is 20.0. The summed E-state index contributed by atoms with van der Waals surface area (Å²) in [7, 11) is 0. The van der Waals surface area contributed by atoms with Gasteiger partial charge < -0.3 is 22.5 Å². The van der Waals surface area contributed by atoms with Gasteiger partial charge in [-0.15, -0.1) is 0 Å². The standard InChI is InChI=1S/C27H25N9O/c1-16(32-24-23-21(11-6-14-31-23)34-27(30)35-24)25-33-20-10-5-9-19(17(15-29)12-13-28)22(20)26(37)36(25)18-7-3-2-4-8-18/h2-16H,28-29H2,1H3,(H3,30,32,34,35)/b13-12-,17-15+/t16-/m0/s1. The van der Waals surface area contributed by atoms with Gasteiger partial charge in [-0.25, -0.2) is 9.97 Å². The van der Waals surface area contributed by atoms with Crippen LogP contribution in [-0.2, 0) is 0 Å². The number of nitrogens with zero attached hydrogens (tertiary/aromatic N) is 5. The fraction of sp³-hybridized carbons (Fsp3) is 0.0741. The van der Waals surface area contributed by atoms with Gasteiger partial charge in [0.15, 0.2) is 5.82 Å². The molecule has 0 amide bonds. The molecule has 0 saturated carbocycles. The molecule has 0 aliphatic rings. The second-order valence-corrected chi connectivity index (χ2v) is 8.29. The predicted octanol–water partition coefficient (Wildman–Crippen LogP) is 3.25. The summed E-state index contributed by atoms with van der Waals surface area (Å²) < 4.78 is 1.59. The van der Waals surface area contributed by atoms with Crippen molar-refractivity contribution in [3.63, 3.8) is 0 Å². The molecule has 2 aromatic carbocycles. The number of fused-ring (bicyclic) bond motifs is 2. The first kappa shape index (κ1) is 23.5. The van der Waals surface area contributed by atoms with Crippen LogP contribution in [0.4, 0.5) is 11.8 Å². The lowest BCUT2D eigenvalue weighted by Gasteiger charge is -2.21. The molecule has 0 spiro atoms. The number of nitrogen functional groups attached to an aromatic ring is 1. The first-order chi connectivity index (χ1) is 18.0. The highest BCUT2D eigenvalue weighted by molar-refractivity contribution is 5.94. The van der Waals surface area contributed by atoms with Crippen LogP contribution < -0.4 is 28.1 Å². The minimum Gasteiger partial charge on any atom is -0.405 e. The molecule has 0 bridgehead atoms. The summed E-state index contributed by atoms with van der Waals surface area (Å²) in [6, 6.07) is 17.9. The Labute approximate surface area is 212 Å². The Morgan fingerprint density at radius 3 is 2.51 bits per heavy atom. The predicted molar refractivity (Wildman–Crippen MR) is 147 cm³/mol. The topological polar surface area (TPSA) is 164 Å². The second kappa shape index (κ2) is 9.78. The van der Waals surface area contributed by atoms with E-state index in [2.05, 4.69) is 20.3 Å². The average Bonchev–Trinajstić information content (AvgIpc) is 2.91. The van der Waals surface area contributed by atoms with Crippen LogP contribution in [0.15, 0.2) is 90.1 Å². The summed E-state index contributed by atoms with van der Waals surface area (Å²) in [5.74, 6) is 1.04. The number of benzene rings is 2. The molecule has 0 unspecified atom stereocenters. The second-order valence-electron chi connectivity index (χ2n) is 8.29. The van der Waals surface area contributed by atoms with Gasteiger partial charge in [0, 0.05) is 12.4 Å². The molecule has 7 N–H and O–H groups in total. The van der Waals surface area contributed by atoms with E-state index in [1.165, 1.54) is 12.4 Å². The summed E-state index contributed by atoms with van der Waals surface area (Å²) in [6.45, 7) is 1.90. The van der Waals surface area contributed by atoms with Crippen LogP contribution in [0.5, 0.6) is 0 Å². The molecule has 37 heavy (non-hydrogen) atoms. The Bertz CT molecular complexity index is 1730. The normalized spacial score (nSPS) is 12.8. The van der Waals surface area contributed by atoms with Crippen LogP contribution >= 0.6 is 0 Å². The number of para-hydroxylation sites is 1. The van der Waals surface area contributed by atoms with Crippen molar-refractivity contribution in [2.75, 3.05) is 11.1 Å². The van der Waals surface area contributed by atoms with Gasteiger partial charge in [-0.2, -0.15) is 4.98 Å². The Morgan fingerprint density at radius 2 is 1.76 bits per heavy atom. The lowest BCUT2D eigenvalue weighted by molar-refractivity contribution is 0.732. The van der Waals surface area contributed by atoms with Gasteiger partial charge in [0.1, 0.15) is 11.3 Å². The molecule has 1 atom stereocenters. The lowest BCUT2D eigenvalue weighted by atomic mass is 10.0. The summed E-state index contributed by atoms with van der Waals surface area (Å²) in [5, 5.41) is 3.76. The zero-order valence-electron chi connectivity index (χ0n) is 20.0. The minimum atomic E-state index is -0.464. The van der Waals surface area contributed by atoms with Crippen molar-refractivity contribution >= 4 is 39.3 Å². The highest BCUT2D eigenvalue weighted by Crippen LogP contribution is 2.27. The SMILES string of the molecule is C[C@H](Nc1nc(N)nc2cccnc12)c1nc2cccc(C(/C=C\N)=C/N)c2c(=O)n1-c1ccccc1. The number of nitrogens with one attached hydrogen (secondary N) is 1. The fourth-order valence-corrected chi connectivity index (χ4v) is 4.30. The molecule has 0 aliphatic carbocycles. The molecule has 0 aliphatic heterocycles. The molecular formula is C27H25N9O. The lowest BCUT2D eigenvalue weighted by Crippen LogP contribution is -2.28. The van der Waals surface area contributed by atoms with Crippen LogP contribution in [0.1, 0.15) is 24.4 Å². The summed E-state index contributed by atoms with van der Waals surface area (Å²) >= 11 is 0. The maximum Gasteiger partial charge on any atom is 0.266 e. The van der Waals surface area contributed by atoms with Crippen molar-refractivity contribution in [3.05, 3.63) is 107 Å². The van der Waals surface area contributed by atoms with E-state index in [1.807, 2.05) is 55.5 Å². The van der Waals surface area contributed by atoms with Gasteiger partial charge in [-0.3, -0.25) is 14.3 Å². The number of pyridine rings is 1. The minimum absolute atomic E-state index is 0.112. The van der Waals surface area contributed by atoms with Gasteiger partial charge in [-0.1, -0.05) is 30.3 Å². The maximum atomic E-state index is 14.1. The Morgan fingerprint density at radius 1 is 0.973 bits per heavy atom. The third-order valence-corrected chi connectivity index (χ3v) is 5.92. The van der Waals surface area contributed by atoms with E-state index in [-0.39, 0.29) is 11.5 Å². The molecule has 10 heteroatoms. The summed E-state index contributed by atoms with van der Waals surface area (Å²) in [5.41, 5.74) is 20.8. The van der Waals surface area contributed by atoms with Gasteiger partial charge >= 0.3 is 0 Å². The molecule has 5 aromatic rings. The van der Waals surface area contributed by atoms with Crippen molar-refractivity contribution < 1.29 is 0 Å². The highest BCUT2D eigenvalue weighted by atomic mass is 16.1. The van der Waals surface area contributed by atoms with Crippen LogP contribution in [0.25, 0.3) is 33.2 Å². The number of anilines is 2. The number of hydrogen-bond donors (Lipinski definition) is 4. The molecule has 5 rings (SSSR count). The largest absolute Gasteiger partial charge is 0.405 e. The monoisotopic (exact) mass is 491 g/mol. The van der Waals surface area contributed by atoms with Crippen molar-refractivity contribution in [1.82, 2.24) is 24.5 Å². The number of rotatable bonds is 6. The Kier molecular flexibility index (Phi) is 6.21. The van der Waals surface area contributed by atoms with E-state index in [1.54, 1.807) is 29.0 Å². The van der Waals surface area contributed by atoms with Gasteiger partial charge in [-0.05, 0) is 60.7 Å². The van der Waals surface area contributed by atoms with Crippen LogP contribution in [0.3, 0.4) is 0 Å². The van der Waals surface area contributed by atoms with E-state index >= 15 is 0 Å². The Balaban J connectivity index is 1.74. The third-order valence-electron chi connectivity index (χ3n) is 5.92. The van der Waals surface area contributed by atoms with Crippen molar-refractivity contribution in [1.29, 1.82) is 0 Å². The highest BCUT2D eigenvalue weighted by Gasteiger charge is 2.21. The van der Waals surface area contributed by atoms with Gasteiger partial charge in [0.2, 0.25) is 5.95 Å². The molecular weight excluding hydrogens is 466 g/mol. The van der Waals surface area contributed by atoms with Gasteiger partial charge in [0.05, 0.1) is 28.1 Å². The first-order valence-corrected chi connectivity index (χ1v) is 11.6. The van der Waals surface area contributed by atoms with E-state index in [0.717, 1.165) is 0 Å². The van der Waals surface area contributed by atoms with Crippen molar-refractivity contribution in [3.8, 4) is 5.69 Å². The van der Waals surface area contributed by atoms with Crippen molar-refractivity contribution in [2.45, 2.75) is 13.0 Å². The summed E-state index contributed by atoms with van der Waals surface area (Å²) in [4.78, 5) is 32.1. The van der Waals surface area contributed by atoms with Crippen molar-refractivity contribution in [2.24, 2.45) is 11.5 Å². The first-order valence-electron chi connectivity index (χ1n) is 11.6. The smallest absolute Gasteiger partial charge is 0.266 e. The molecule has 3 heterocycles. The van der Waals surface area contributed by atoms with E-state index in [4.69, 9.17) is 22.2 Å². The van der Waals surface area contributed by atoms with Crippen LogP contribution in [-0.4, -0.2) is 24.5 Å². The third kappa shape index (κ3) is 4.31. The number of allylic oxidation sites excluding steroid dienone is 2. The molecule has 0 fully saturated rings. The fourth-order valence-electron chi connectivity index (χ4n) is 4.30. The summed E-state index contributed by atoms with van der Waals surface area (Å²) in [6.07, 6.45) is 6.11. The molecule has 3 aromatic heterocycles. The Hall–Kier alpha value is -5.25. The van der Waals surface area contributed by atoms with Crippen LogP contribution in [0, 0.1) is 0 Å². The molecule has 0 radical (unpaired) electrons. The van der Waals surface area contributed by atoms with E-state index in [0.29, 0.717) is 50.4 Å². The molecule has 184 valence electrons. The molecule has 10 nitrogen and oxygen atoms in total. The number of hydrogen-bond acceptors (Lipinski definition) is 9. The van der Waals surface area contributed by atoms with E-state index < -0.39 is 6.04 Å². The number of nitrogens with two attached hydrogens (primary N) is 3. The maximum absolute atomic E-state index is 14.1.